The molecule has 0 aliphatic carbocycles. The van der Waals surface area contributed by atoms with E-state index in [0.717, 1.165) is 5.56 Å². The highest BCUT2D eigenvalue weighted by Crippen LogP contribution is 2.34. The van der Waals surface area contributed by atoms with Crippen LogP contribution in [0.25, 0.3) is 11.5 Å². The molecule has 1 aromatic heterocycles. The van der Waals surface area contributed by atoms with Crippen LogP contribution < -0.4 is 19.5 Å². The predicted octanol–water partition coefficient (Wildman–Crippen LogP) is 2.79. The van der Waals surface area contributed by atoms with Crippen molar-refractivity contribution in [3.63, 3.8) is 0 Å². The molecule has 0 unspecified atom stereocenters. The van der Waals surface area contributed by atoms with E-state index in [2.05, 4.69) is 15.5 Å². The molecule has 0 radical (unpaired) electrons. The van der Waals surface area contributed by atoms with Crippen molar-refractivity contribution in [2.75, 3.05) is 18.7 Å². The molecular weight excluding hydrogens is 338 g/mol. The molecule has 0 spiro atoms. The van der Waals surface area contributed by atoms with Gasteiger partial charge in [0.15, 0.2) is 18.1 Å². The summed E-state index contributed by atoms with van der Waals surface area (Å²) in [7, 11) is 0. The van der Waals surface area contributed by atoms with E-state index in [1.165, 1.54) is 0 Å². The maximum absolute atomic E-state index is 12.0. The van der Waals surface area contributed by atoms with Gasteiger partial charge in [-0.3, -0.25) is 4.79 Å². The molecule has 1 amide bonds. The van der Waals surface area contributed by atoms with E-state index in [0.29, 0.717) is 34.7 Å². The largest absolute Gasteiger partial charge is 0.484 e. The molecule has 0 atom stereocenters. The van der Waals surface area contributed by atoms with Crippen LogP contribution in [0.2, 0.25) is 0 Å². The van der Waals surface area contributed by atoms with Crippen molar-refractivity contribution in [3.05, 3.63) is 48.4 Å². The van der Waals surface area contributed by atoms with E-state index in [1.54, 1.807) is 49.4 Å². The van der Waals surface area contributed by atoms with E-state index < -0.39 is 0 Å². The van der Waals surface area contributed by atoms with Crippen molar-refractivity contribution in [2.45, 2.75) is 6.92 Å². The minimum atomic E-state index is -0.277. The first kappa shape index (κ1) is 15.9. The molecule has 0 bridgehead atoms. The highest BCUT2D eigenvalue weighted by atomic mass is 16.7. The third kappa shape index (κ3) is 3.44. The van der Waals surface area contributed by atoms with Gasteiger partial charge in [-0.15, -0.1) is 10.2 Å². The Bertz CT molecular complexity index is 936. The van der Waals surface area contributed by atoms with Gasteiger partial charge in [-0.05, 0) is 36.4 Å². The monoisotopic (exact) mass is 353 g/mol. The lowest BCUT2D eigenvalue weighted by atomic mass is 10.2. The van der Waals surface area contributed by atoms with Gasteiger partial charge < -0.3 is 23.9 Å². The molecule has 1 aliphatic rings. The van der Waals surface area contributed by atoms with Crippen molar-refractivity contribution in [3.8, 4) is 28.7 Å². The molecule has 3 aromatic rings. The van der Waals surface area contributed by atoms with Crippen LogP contribution in [0.4, 0.5) is 5.69 Å². The molecule has 1 aliphatic heterocycles. The highest BCUT2D eigenvalue weighted by Gasteiger charge is 2.14. The van der Waals surface area contributed by atoms with Gasteiger partial charge in [0.05, 0.1) is 0 Å². The van der Waals surface area contributed by atoms with Crippen molar-refractivity contribution in [1.82, 2.24) is 10.2 Å². The molecule has 1 N–H and O–H groups in total. The molecule has 0 fully saturated rings. The average molecular weight is 353 g/mol. The van der Waals surface area contributed by atoms with E-state index in [9.17, 15) is 4.79 Å². The maximum atomic E-state index is 12.0. The summed E-state index contributed by atoms with van der Waals surface area (Å²) in [4.78, 5) is 12.0. The summed E-state index contributed by atoms with van der Waals surface area (Å²) in [6.07, 6.45) is 0. The van der Waals surface area contributed by atoms with Gasteiger partial charge >= 0.3 is 0 Å². The fraction of sp³-hybridized carbons (Fsp3) is 0.167. The SMILES string of the molecule is Cc1nnc(-c2ccc(OCC(=O)Nc3ccc4c(c3)OCO4)cc2)o1. The van der Waals surface area contributed by atoms with Crippen molar-refractivity contribution < 1.29 is 23.4 Å². The summed E-state index contributed by atoms with van der Waals surface area (Å²) < 4.78 is 21.4. The Morgan fingerprint density at radius 3 is 2.69 bits per heavy atom. The predicted molar refractivity (Wildman–Crippen MR) is 91.2 cm³/mol. The van der Waals surface area contributed by atoms with Gasteiger partial charge in [-0.1, -0.05) is 0 Å². The summed E-state index contributed by atoms with van der Waals surface area (Å²) in [6.45, 7) is 1.80. The first-order valence-corrected chi connectivity index (χ1v) is 7.90. The molecular formula is C18H15N3O5. The summed E-state index contributed by atoms with van der Waals surface area (Å²) in [5.74, 6) is 2.49. The lowest BCUT2D eigenvalue weighted by Gasteiger charge is -2.08. The number of fused-ring (bicyclic) bond motifs is 1. The second kappa shape index (κ2) is 6.75. The lowest BCUT2D eigenvalue weighted by molar-refractivity contribution is -0.118. The number of amides is 1. The van der Waals surface area contributed by atoms with Gasteiger partial charge in [-0.2, -0.15) is 0 Å². The second-order valence-electron chi connectivity index (χ2n) is 5.56. The fourth-order valence-corrected chi connectivity index (χ4v) is 2.43. The Labute approximate surface area is 148 Å². The summed E-state index contributed by atoms with van der Waals surface area (Å²) >= 11 is 0. The molecule has 2 heterocycles. The fourth-order valence-electron chi connectivity index (χ4n) is 2.43. The van der Waals surface area contributed by atoms with Crippen LogP contribution in [0.5, 0.6) is 17.2 Å². The van der Waals surface area contributed by atoms with Crippen molar-refractivity contribution in [2.24, 2.45) is 0 Å². The van der Waals surface area contributed by atoms with Crippen LogP contribution in [-0.2, 0) is 4.79 Å². The van der Waals surface area contributed by atoms with Gasteiger partial charge in [0.1, 0.15) is 5.75 Å². The number of rotatable bonds is 5. The smallest absolute Gasteiger partial charge is 0.262 e. The number of aryl methyl sites for hydroxylation is 1. The number of nitrogens with zero attached hydrogens (tertiary/aromatic N) is 2. The van der Waals surface area contributed by atoms with Crippen LogP contribution >= 0.6 is 0 Å². The van der Waals surface area contributed by atoms with Gasteiger partial charge in [-0.25, -0.2) is 0 Å². The van der Waals surface area contributed by atoms with Gasteiger partial charge in [0.2, 0.25) is 18.6 Å². The Morgan fingerprint density at radius 1 is 1.12 bits per heavy atom. The van der Waals surface area contributed by atoms with Crippen molar-refractivity contribution >= 4 is 11.6 Å². The van der Waals surface area contributed by atoms with Gasteiger partial charge in [0, 0.05) is 24.2 Å². The number of carbonyl (C=O) groups excluding carboxylic acids is 1. The number of nitrogens with one attached hydrogen (secondary N) is 1. The zero-order valence-electron chi connectivity index (χ0n) is 13.9. The Balaban J connectivity index is 1.33. The third-order valence-electron chi connectivity index (χ3n) is 3.65. The van der Waals surface area contributed by atoms with Crippen LogP contribution in [-0.4, -0.2) is 29.5 Å². The molecule has 0 saturated carbocycles. The van der Waals surface area contributed by atoms with E-state index in [4.69, 9.17) is 18.6 Å². The molecule has 132 valence electrons. The number of hydrogen-bond acceptors (Lipinski definition) is 7. The normalized spacial score (nSPS) is 12.0. The minimum absolute atomic E-state index is 0.118. The Hall–Kier alpha value is -3.55. The zero-order chi connectivity index (χ0) is 17.9. The van der Waals surface area contributed by atoms with Crippen molar-refractivity contribution in [1.29, 1.82) is 0 Å². The van der Waals surface area contributed by atoms with E-state index in [1.807, 2.05) is 0 Å². The topological polar surface area (TPSA) is 95.7 Å². The summed E-state index contributed by atoms with van der Waals surface area (Å²) in [5, 5.41) is 10.5. The molecule has 0 saturated heterocycles. The van der Waals surface area contributed by atoms with Gasteiger partial charge in [0.25, 0.3) is 5.91 Å². The second-order valence-corrected chi connectivity index (χ2v) is 5.56. The minimum Gasteiger partial charge on any atom is -0.484 e. The maximum Gasteiger partial charge on any atom is 0.262 e. The molecule has 26 heavy (non-hydrogen) atoms. The average Bonchev–Trinajstić information content (AvgIpc) is 3.29. The Kier molecular flexibility index (Phi) is 4.14. The standard InChI is InChI=1S/C18H15N3O5/c1-11-20-21-18(26-11)12-2-5-14(6-3-12)23-9-17(22)19-13-4-7-15-16(8-13)25-10-24-15/h2-8H,9-10H2,1H3,(H,19,22). The van der Waals surface area contributed by atoms with E-state index in [-0.39, 0.29) is 19.3 Å². The van der Waals surface area contributed by atoms with E-state index >= 15 is 0 Å². The quantitative estimate of drug-likeness (QED) is 0.753. The third-order valence-corrected chi connectivity index (χ3v) is 3.65. The number of anilines is 1. The molecule has 2 aromatic carbocycles. The van der Waals surface area contributed by atoms with Crippen LogP contribution in [0.1, 0.15) is 5.89 Å². The van der Waals surface area contributed by atoms with Crippen LogP contribution in [0.3, 0.4) is 0 Å². The van der Waals surface area contributed by atoms with Crippen LogP contribution in [0, 0.1) is 6.92 Å². The first-order valence-electron chi connectivity index (χ1n) is 7.90. The number of aromatic nitrogens is 2. The molecule has 4 rings (SSSR count). The number of benzene rings is 2. The Morgan fingerprint density at radius 2 is 1.92 bits per heavy atom. The number of hydrogen-bond donors (Lipinski definition) is 1. The van der Waals surface area contributed by atoms with Crippen LogP contribution in [0.15, 0.2) is 46.9 Å². The number of carbonyl (C=O) groups is 1. The first-order chi connectivity index (χ1) is 12.7. The number of ether oxygens (including phenoxy) is 3. The summed E-state index contributed by atoms with van der Waals surface area (Å²) in [5.41, 5.74) is 1.40. The molecule has 8 nitrogen and oxygen atoms in total. The lowest BCUT2D eigenvalue weighted by Crippen LogP contribution is -2.20. The molecule has 8 heteroatoms. The zero-order valence-corrected chi connectivity index (χ0v) is 13.9. The summed E-state index contributed by atoms with van der Waals surface area (Å²) in [6, 6.07) is 12.3. The highest BCUT2D eigenvalue weighted by molar-refractivity contribution is 5.92.